The molecule has 1 N–H and O–H groups in total. The van der Waals surface area contributed by atoms with Crippen molar-refractivity contribution in [3.05, 3.63) is 66.2 Å². The Morgan fingerprint density at radius 3 is 2.00 bits per heavy atom. The lowest BCUT2D eigenvalue weighted by Gasteiger charge is -2.37. The van der Waals surface area contributed by atoms with Gasteiger partial charge in [-0.15, -0.1) is 0 Å². The Morgan fingerprint density at radius 1 is 1.05 bits per heavy atom. The van der Waals surface area contributed by atoms with E-state index in [-0.39, 0.29) is 0 Å². The Balaban J connectivity index is 2.55. The number of rotatable bonds is 5. The third-order valence-electron chi connectivity index (χ3n) is 3.33. The predicted molar refractivity (Wildman–Crippen MR) is 77.4 cm³/mol. The molecule has 0 aromatic heterocycles. The first kappa shape index (κ1) is 14.1. The molecule has 0 amide bonds. The van der Waals surface area contributed by atoms with Crippen LogP contribution in [0, 0.1) is 0 Å². The minimum atomic E-state index is -1.31. The molecule has 20 heavy (non-hydrogen) atoms. The molecule has 0 spiro atoms. The van der Waals surface area contributed by atoms with Crippen molar-refractivity contribution in [3.63, 3.8) is 0 Å². The Hall–Kier alpha value is -2.33. The van der Waals surface area contributed by atoms with E-state index < -0.39 is 11.5 Å². The maximum atomic E-state index is 11.9. The van der Waals surface area contributed by atoms with Crippen molar-refractivity contribution in [1.82, 2.24) is 0 Å². The number of hydroxylamine groups is 1. The zero-order valence-corrected chi connectivity index (χ0v) is 11.5. The van der Waals surface area contributed by atoms with Gasteiger partial charge in [0.05, 0.1) is 12.8 Å². The average molecular weight is 271 g/mol. The van der Waals surface area contributed by atoms with Crippen molar-refractivity contribution >= 4 is 11.7 Å². The molecule has 0 bridgehead atoms. The van der Waals surface area contributed by atoms with E-state index in [1.165, 1.54) is 12.2 Å². The van der Waals surface area contributed by atoms with E-state index in [0.29, 0.717) is 11.3 Å². The summed E-state index contributed by atoms with van der Waals surface area (Å²) in [6.07, 6.45) is 0. The van der Waals surface area contributed by atoms with Crippen LogP contribution in [0.25, 0.3) is 0 Å². The zero-order valence-electron chi connectivity index (χ0n) is 11.5. The quantitative estimate of drug-likeness (QED) is 0.849. The van der Waals surface area contributed by atoms with E-state index in [9.17, 15) is 9.90 Å². The van der Waals surface area contributed by atoms with E-state index >= 15 is 0 Å². The number of carboxylic acid groups (broad SMARTS) is 1. The maximum Gasteiger partial charge on any atom is 0.336 e. The van der Waals surface area contributed by atoms with E-state index in [4.69, 9.17) is 4.84 Å². The van der Waals surface area contributed by atoms with Crippen molar-refractivity contribution in [2.24, 2.45) is 0 Å². The minimum absolute atomic E-state index is 0.651. The fraction of sp³-hybridized carbons (Fsp3) is 0.188. The van der Waals surface area contributed by atoms with Crippen molar-refractivity contribution < 1.29 is 14.7 Å². The molecular formula is C16H17NO3. The van der Waals surface area contributed by atoms with E-state index in [1.54, 1.807) is 19.1 Å². The van der Waals surface area contributed by atoms with Crippen LogP contribution in [0.15, 0.2) is 60.7 Å². The number of para-hydroxylation sites is 1. The topological polar surface area (TPSA) is 49.8 Å². The summed E-state index contributed by atoms with van der Waals surface area (Å²) < 4.78 is 0. The highest BCUT2D eigenvalue weighted by atomic mass is 16.7. The normalized spacial score (nSPS) is 13.5. The molecule has 0 aliphatic rings. The number of carbonyl (C=O) groups is 1. The minimum Gasteiger partial charge on any atom is -0.479 e. The van der Waals surface area contributed by atoms with Crippen molar-refractivity contribution in [3.8, 4) is 0 Å². The van der Waals surface area contributed by atoms with Crippen LogP contribution >= 0.6 is 0 Å². The second-order valence-electron chi connectivity index (χ2n) is 4.56. The number of nitrogens with zero attached hydrogens (tertiary/aromatic N) is 1. The Kier molecular flexibility index (Phi) is 4.05. The van der Waals surface area contributed by atoms with Gasteiger partial charge in [-0.05, 0) is 24.6 Å². The summed E-state index contributed by atoms with van der Waals surface area (Å²) in [6, 6.07) is 18.2. The van der Waals surface area contributed by atoms with Crippen molar-refractivity contribution in [2.75, 3.05) is 12.2 Å². The highest BCUT2D eigenvalue weighted by Gasteiger charge is 2.42. The lowest BCUT2D eigenvalue weighted by atomic mass is 9.91. The molecule has 2 aromatic carbocycles. The monoisotopic (exact) mass is 271 g/mol. The van der Waals surface area contributed by atoms with Gasteiger partial charge in [0.1, 0.15) is 0 Å². The second-order valence-corrected chi connectivity index (χ2v) is 4.56. The summed E-state index contributed by atoms with van der Waals surface area (Å²) in [5.41, 5.74) is 0.0270. The fourth-order valence-corrected chi connectivity index (χ4v) is 2.20. The molecule has 0 aliphatic heterocycles. The number of hydrogen-bond donors (Lipinski definition) is 1. The van der Waals surface area contributed by atoms with Crippen molar-refractivity contribution in [2.45, 2.75) is 12.5 Å². The molecule has 0 radical (unpaired) electrons. The molecule has 104 valence electrons. The summed E-state index contributed by atoms with van der Waals surface area (Å²) in [7, 11) is 1.47. The molecule has 2 aromatic rings. The van der Waals surface area contributed by atoms with Crippen LogP contribution in [-0.2, 0) is 15.2 Å². The SMILES string of the molecule is CON(c1ccccc1)[C@](C)(C(=O)O)c1ccccc1. The first-order chi connectivity index (χ1) is 9.60. The zero-order chi connectivity index (χ0) is 14.6. The molecule has 0 fully saturated rings. The fourth-order valence-electron chi connectivity index (χ4n) is 2.20. The van der Waals surface area contributed by atoms with Gasteiger partial charge < -0.3 is 5.11 Å². The lowest BCUT2D eigenvalue weighted by Crippen LogP contribution is -2.49. The molecule has 0 unspecified atom stereocenters. The van der Waals surface area contributed by atoms with Gasteiger partial charge >= 0.3 is 5.97 Å². The Labute approximate surface area is 118 Å². The summed E-state index contributed by atoms with van der Waals surface area (Å²) >= 11 is 0. The smallest absolute Gasteiger partial charge is 0.336 e. The first-order valence-electron chi connectivity index (χ1n) is 6.29. The van der Waals surface area contributed by atoms with Gasteiger partial charge in [-0.2, -0.15) is 0 Å². The van der Waals surface area contributed by atoms with Gasteiger partial charge in [-0.25, -0.2) is 9.86 Å². The van der Waals surface area contributed by atoms with Crippen LogP contribution in [0.2, 0.25) is 0 Å². The van der Waals surface area contributed by atoms with Crippen LogP contribution in [0.4, 0.5) is 5.69 Å². The van der Waals surface area contributed by atoms with Gasteiger partial charge in [0, 0.05) is 0 Å². The molecule has 1 atom stereocenters. The molecule has 0 heterocycles. The van der Waals surface area contributed by atoms with E-state index in [0.717, 1.165) is 0 Å². The van der Waals surface area contributed by atoms with Crippen LogP contribution in [0.5, 0.6) is 0 Å². The Morgan fingerprint density at radius 2 is 1.55 bits per heavy atom. The third-order valence-corrected chi connectivity index (χ3v) is 3.33. The summed E-state index contributed by atoms with van der Waals surface area (Å²) in [6.45, 7) is 1.63. The van der Waals surface area contributed by atoms with Gasteiger partial charge in [-0.1, -0.05) is 48.5 Å². The van der Waals surface area contributed by atoms with Gasteiger partial charge in [-0.3, -0.25) is 4.84 Å². The van der Waals surface area contributed by atoms with Crippen molar-refractivity contribution in [1.29, 1.82) is 0 Å². The molecule has 0 aliphatic carbocycles. The molecule has 4 heteroatoms. The van der Waals surface area contributed by atoms with E-state index in [2.05, 4.69) is 0 Å². The molecule has 0 saturated carbocycles. The molecular weight excluding hydrogens is 254 g/mol. The van der Waals surface area contributed by atoms with Gasteiger partial charge in [0.15, 0.2) is 5.54 Å². The third kappa shape index (κ3) is 2.38. The number of aliphatic carboxylic acids is 1. The second kappa shape index (κ2) is 5.75. The van der Waals surface area contributed by atoms with E-state index in [1.807, 2.05) is 48.5 Å². The highest BCUT2D eigenvalue weighted by molar-refractivity contribution is 5.84. The van der Waals surface area contributed by atoms with Gasteiger partial charge in [0.25, 0.3) is 0 Å². The standard InChI is InChI=1S/C16H17NO3/c1-16(15(18)19,13-9-5-3-6-10-13)17(20-2)14-11-7-4-8-12-14/h3-12H,1-2H3,(H,18,19)/t16-/m0/s1. The largest absolute Gasteiger partial charge is 0.479 e. The molecule has 0 saturated heterocycles. The first-order valence-corrected chi connectivity index (χ1v) is 6.29. The Bertz CT molecular complexity index is 571. The number of hydrogen-bond acceptors (Lipinski definition) is 3. The van der Waals surface area contributed by atoms with Gasteiger partial charge in [0.2, 0.25) is 0 Å². The molecule has 2 rings (SSSR count). The van der Waals surface area contributed by atoms with Crippen LogP contribution in [-0.4, -0.2) is 18.2 Å². The summed E-state index contributed by atoms with van der Waals surface area (Å²) in [5.74, 6) is -0.977. The average Bonchev–Trinajstić information content (AvgIpc) is 2.49. The lowest BCUT2D eigenvalue weighted by molar-refractivity contribution is -0.146. The summed E-state index contributed by atoms with van der Waals surface area (Å²) in [5, 5.41) is 11.1. The predicted octanol–water partition coefficient (Wildman–Crippen LogP) is 3.05. The number of benzene rings is 2. The number of carboxylic acids is 1. The molecule has 4 nitrogen and oxygen atoms in total. The maximum absolute atomic E-state index is 11.9. The highest BCUT2D eigenvalue weighted by Crippen LogP contribution is 2.33. The van der Waals surface area contributed by atoms with Crippen LogP contribution in [0.3, 0.4) is 0 Å². The van der Waals surface area contributed by atoms with Crippen LogP contribution < -0.4 is 5.06 Å². The van der Waals surface area contributed by atoms with Crippen LogP contribution in [0.1, 0.15) is 12.5 Å². The summed E-state index contributed by atoms with van der Waals surface area (Å²) in [4.78, 5) is 17.2. The number of anilines is 1.